The SMILES string of the molecule is CC1CN(C(=O)CCSc2ccccc2F)CCO1. The van der Waals surface area contributed by atoms with E-state index in [1.165, 1.54) is 17.8 Å². The van der Waals surface area contributed by atoms with Crippen molar-refractivity contribution in [2.45, 2.75) is 24.3 Å². The van der Waals surface area contributed by atoms with Crippen LogP contribution in [0.4, 0.5) is 4.39 Å². The van der Waals surface area contributed by atoms with Gasteiger partial charge in [-0.3, -0.25) is 4.79 Å². The van der Waals surface area contributed by atoms with Crippen molar-refractivity contribution in [1.29, 1.82) is 0 Å². The highest BCUT2D eigenvalue weighted by atomic mass is 32.2. The smallest absolute Gasteiger partial charge is 0.223 e. The van der Waals surface area contributed by atoms with Crippen LogP contribution < -0.4 is 0 Å². The van der Waals surface area contributed by atoms with E-state index in [1.807, 2.05) is 11.8 Å². The van der Waals surface area contributed by atoms with Crippen LogP contribution in [0.15, 0.2) is 29.2 Å². The summed E-state index contributed by atoms with van der Waals surface area (Å²) < 4.78 is 18.8. The van der Waals surface area contributed by atoms with Crippen LogP contribution in [0, 0.1) is 5.82 Å². The predicted octanol–water partition coefficient (Wildman–Crippen LogP) is 2.56. The number of carbonyl (C=O) groups is 1. The monoisotopic (exact) mass is 283 g/mol. The molecule has 1 atom stereocenters. The number of benzene rings is 1. The summed E-state index contributed by atoms with van der Waals surface area (Å²) >= 11 is 1.39. The Bertz CT molecular complexity index is 441. The van der Waals surface area contributed by atoms with E-state index in [1.54, 1.807) is 18.2 Å². The zero-order chi connectivity index (χ0) is 13.7. The van der Waals surface area contributed by atoms with Gasteiger partial charge in [-0.2, -0.15) is 0 Å². The van der Waals surface area contributed by atoms with Crippen LogP contribution in [-0.2, 0) is 9.53 Å². The van der Waals surface area contributed by atoms with Crippen molar-refractivity contribution in [3.63, 3.8) is 0 Å². The molecule has 1 aromatic carbocycles. The van der Waals surface area contributed by atoms with Gasteiger partial charge < -0.3 is 9.64 Å². The maximum atomic E-state index is 13.4. The lowest BCUT2D eigenvalue weighted by atomic mass is 10.3. The minimum atomic E-state index is -0.222. The fourth-order valence-corrected chi connectivity index (χ4v) is 2.89. The molecule has 0 aliphatic carbocycles. The fourth-order valence-electron chi connectivity index (χ4n) is 2.01. The quantitative estimate of drug-likeness (QED) is 0.795. The maximum Gasteiger partial charge on any atom is 0.223 e. The lowest BCUT2D eigenvalue weighted by Gasteiger charge is -2.31. The maximum absolute atomic E-state index is 13.4. The first kappa shape index (κ1) is 14.3. The van der Waals surface area contributed by atoms with Gasteiger partial charge >= 0.3 is 0 Å². The van der Waals surface area contributed by atoms with Gasteiger partial charge in [-0.05, 0) is 19.1 Å². The molecule has 19 heavy (non-hydrogen) atoms. The molecular weight excluding hydrogens is 265 g/mol. The zero-order valence-corrected chi connectivity index (χ0v) is 11.8. The van der Waals surface area contributed by atoms with E-state index in [2.05, 4.69) is 0 Å². The fraction of sp³-hybridized carbons (Fsp3) is 0.500. The lowest BCUT2D eigenvalue weighted by molar-refractivity contribution is -0.137. The third-order valence-electron chi connectivity index (χ3n) is 3.00. The van der Waals surface area contributed by atoms with Crippen LogP contribution >= 0.6 is 11.8 Å². The van der Waals surface area contributed by atoms with Gasteiger partial charge in [-0.15, -0.1) is 11.8 Å². The molecule has 1 aliphatic heterocycles. The van der Waals surface area contributed by atoms with E-state index in [-0.39, 0.29) is 17.8 Å². The zero-order valence-electron chi connectivity index (χ0n) is 11.0. The van der Waals surface area contributed by atoms with Crippen LogP contribution in [0.5, 0.6) is 0 Å². The summed E-state index contributed by atoms with van der Waals surface area (Å²) in [7, 11) is 0. The van der Waals surface area contributed by atoms with Crippen molar-refractivity contribution in [2.24, 2.45) is 0 Å². The van der Waals surface area contributed by atoms with Crippen molar-refractivity contribution in [3.8, 4) is 0 Å². The number of carbonyl (C=O) groups excluding carboxylic acids is 1. The summed E-state index contributed by atoms with van der Waals surface area (Å²) in [6.07, 6.45) is 0.544. The number of rotatable bonds is 4. The summed E-state index contributed by atoms with van der Waals surface area (Å²) in [5.74, 6) is 0.504. The Morgan fingerprint density at radius 2 is 2.32 bits per heavy atom. The number of hydrogen-bond acceptors (Lipinski definition) is 3. The predicted molar refractivity (Wildman–Crippen MR) is 73.7 cm³/mol. The Hall–Kier alpha value is -1.07. The lowest BCUT2D eigenvalue weighted by Crippen LogP contribution is -2.44. The van der Waals surface area contributed by atoms with Gasteiger partial charge in [-0.1, -0.05) is 12.1 Å². The van der Waals surface area contributed by atoms with E-state index in [0.717, 1.165) is 0 Å². The van der Waals surface area contributed by atoms with Crippen molar-refractivity contribution in [1.82, 2.24) is 4.90 Å². The molecule has 1 amide bonds. The van der Waals surface area contributed by atoms with Crippen molar-refractivity contribution in [3.05, 3.63) is 30.1 Å². The number of nitrogens with zero attached hydrogens (tertiary/aromatic N) is 1. The van der Waals surface area contributed by atoms with Crippen LogP contribution in [0.3, 0.4) is 0 Å². The first-order chi connectivity index (χ1) is 9.16. The molecule has 104 valence electrons. The number of hydrogen-bond donors (Lipinski definition) is 0. The second-order valence-corrected chi connectivity index (χ2v) is 5.69. The van der Waals surface area contributed by atoms with Crippen LogP contribution in [-0.4, -0.2) is 42.4 Å². The average Bonchev–Trinajstić information content (AvgIpc) is 2.41. The molecule has 2 rings (SSSR count). The van der Waals surface area contributed by atoms with Gasteiger partial charge in [0, 0.05) is 30.2 Å². The molecule has 0 N–H and O–H groups in total. The second-order valence-electron chi connectivity index (χ2n) is 4.55. The molecular formula is C14H18FNO2S. The summed E-state index contributed by atoms with van der Waals surface area (Å²) in [6, 6.07) is 6.64. The highest BCUT2D eigenvalue weighted by Gasteiger charge is 2.20. The van der Waals surface area contributed by atoms with Gasteiger partial charge in [0.15, 0.2) is 0 Å². The Balaban J connectivity index is 1.76. The number of ether oxygens (including phenoxy) is 1. The molecule has 0 saturated carbocycles. The van der Waals surface area contributed by atoms with Gasteiger partial charge in [0.05, 0.1) is 12.7 Å². The molecule has 1 heterocycles. The second kappa shape index (κ2) is 6.91. The molecule has 1 aromatic rings. The molecule has 1 unspecified atom stereocenters. The molecule has 1 saturated heterocycles. The first-order valence-corrected chi connectivity index (χ1v) is 7.42. The summed E-state index contributed by atoms with van der Waals surface area (Å²) in [6.45, 7) is 3.89. The molecule has 0 aromatic heterocycles. The number of halogens is 1. The third kappa shape index (κ3) is 4.21. The Morgan fingerprint density at radius 1 is 1.53 bits per heavy atom. The Morgan fingerprint density at radius 3 is 3.05 bits per heavy atom. The molecule has 0 bridgehead atoms. The van der Waals surface area contributed by atoms with E-state index >= 15 is 0 Å². The van der Waals surface area contributed by atoms with Gasteiger partial charge in [-0.25, -0.2) is 4.39 Å². The summed E-state index contributed by atoms with van der Waals surface area (Å²) in [5.41, 5.74) is 0. The molecule has 1 aliphatic rings. The van der Waals surface area contributed by atoms with E-state index in [9.17, 15) is 9.18 Å². The van der Waals surface area contributed by atoms with Gasteiger partial charge in [0.25, 0.3) is 0 Å². The molecule has 5 heteroatoms. The van der Waals surface area contributed by atoms with Crippen molar-refractivity contribution in [2.75, 3.05) is 25.4 Å². The highest BCUT2D eigenvalue weighted by molar-refractivity contribution is 7.99. The first-order valence-electron chi connectivity index (χ1n) is 6.43. The molecule has 0 spiro atoms. The minimum absolute atomic E-state index is 0.108. The number of thioether (sulfide) groups is 1. The summed E-state index contributed by atoms with van der Waals surface area (Å²) in [5, 5.41) is 0. The van der Waals surface area contributed by atoms with Crippen LogP contribution in [0.25, 0.3) is 0 Å². The van der Waals surface area contributed by atoms with Crippen LogP contribution in [0.2, 0.25) is 0 Å². The van der Waals surface area contributed by atoms with E-state index < -0.39 is 0 Å². The van der Waals surface area contributed by atoms with E-state index in [4.69, 9.17) is 4.74 Å². The largest absolute Gasteiger partial charge is 0.375 e. The standard InChI is InChI=1S/C14H18FNO2S/c1-11-10-16(7-8-18-11)14(17)6-9-19-13-5-3-2-4-12(13)15/h2-5,11H,6-10H2,1H3. The van der Waals surface area contributed by atoms with E-state index in [0.29, 0.717) is 36.8 Å². The van der Waals surface area contributed by atoms with Crippen molar-refractivity contribution < 1.29 is 13.9 Å². The normalized spacial score (nSPS) is 19.5. The Labute approximate surface area is 117 Å². The van der Waals surface area contributed by atoms with Crippen molar-refractivity contribution >= 4 is 17.7 Å². The van der Waals surface area contributed by atoms with Gasteiger partial charge in [0.1, 0.15) is 5.82 Å². The number of amides is 1. The van der Waals surface area contributed by atoms with Crippen LogP contribution in [0.1, 0.15) is 13.3 Å². The average molecular weight is 283 g/mol. The third-order valence-corrected chi connectivity index (χ3v) is 4.05. The molecule has 1 fully saturated rings. The number of morpholine rings is 1. The molecule has 0 radical (unpaired) electrons. The minimum Gasteiger partial charge on any atom is -0.375 e. The van der Waals surface area contributed by atoms with Gasteiger partial charge in [0.2, 0.25) is 5.91 Å². The molecule has 3 nitrogen and oxygen atoms in total. The Kier molecular flexibility index (Phi) is 5.22. The topological polar surface area (TPSA) is 29.5 Å². The highest BCUT2D eigenvalue weighted by Crippen LogP contribution is 2.22. The summed E-state index contributed by atoms with van der Waals surface area (Å²) in [4.78, 5) is 14.4.